The molecule has 0 heterocycles. The summed E-state index contributed by atoms with van der Waals surface area (Å²) in [6.07, 6.45) is -2.32. The molecule has 7 heteroatoms. The van der Waals surface area contributed by atoms with Crippen molar-refractivity contribution in [3.05, 3.63) is 0 Å². The lowest BCUT2D eigenvalue weighted by molar-refractivity contribution is -0.232. The largest absolute Gasteiger partial charge is 0.367 e. The van der Waals surface area contributed by atoms with Crippen molar-refractivity contribution in [3.8, 4) is 0 Å². The fourth-order valence-corrected chi connectivity index (χ4v) is 3.72. The van der Waals surface area contributed by atoms with Gasteiger partial charge in [0.15, 0.2) is 9.84 Å². The molecule has 0 aromatic carbocycles. The predicted molar refractivity (Wildman–Crippen MR) is 60.6 cm³/mol. The lowest BCUT2D eigenvalue weighted by Crippen LogP contribution is -2.46. The average molecular weight is 271 g/mol. The summed E-state index contributed by atoms with van der Waals surface area (Å²) >= 11 is 0. The second-order valence-corrected chi connectivity index (χ2v) is 8.44. The van der Waals surface area contributed by atoms with E-state index in [1.54, 1.807) is 6.92 Å². The minimum absolute atomic E-state index is 0.560. The fraction of sp³-hybridized carbons (Fsp3) is 1.00. The smallest absolute Gasteiger partial charge is 0.323 e. The molecule has 1 aliphatic rings. The van der Waals surface area contributed by atoms with Crippen molar-refractivity contribution in [2.24, 2.45) is 5.73 Å². The first-order valence-electron chi connectivity index (χ1n) is 5.43. The van der Waals surface area contributed by atoms with Gasteiger partial charge in [-0.2, -0.15) is 8.78 Å². The second-order valence-electron chi connectivity index (χ2n) is 5.34. The Balaban J connectivity index is 2.76. The van der Waals surface area contributed by atoms with Crippen LogP contribution in [-0.4, -0.2) is 37.2 Å². The average Bonchev–Trinajstić information content (AvgIpc) is 2.95. The van der Waals surface area contributed by atoms with E-state index in [9.17, 15) is 17.2 Å². The SMILES string of the molecule is CC(C)(COC(F)(F)CN)S(=O)(=O)C1(C)CC1. The third-order valence-electron chi connectivity index (χ3n) is 3.20. The molecule has 0 saturated heterocycles. The van der Waals surface area contributed by atoms with E-state index in [0.29, 0.717) is 12.8 Å². The Labute approximate surface area is 100 Å². The first kappa shape index (κ1) is 14.8. The van der Waals surface area contributed by atoms with Crippen LogP contribution in [0.2, 0.25) is 0 Å². The molecule has 17 heavy (non-hydrogen) atoms. The molecule has 102 valence electrons. The highest BCUT2D eigenvalue weighted by atomic mass is 32.2. The molecule has 2 N–H and O–H groups in total. The van der Waals surface area contributed by atoms with Crippen molar-refractivity contribution < 1.29 is 21.9 Å². The van der Waals surface area contributed by atoms with Crippen LogP contribution in [-0.2, 0) is 14.6 Å². The highest BCUT2D eigenvalue weighted by Gasteiger charge is 2.56. The summed E-state index contributed by atoms with van der Waals surface area (Å²) in [5, 5.41) is 0. The first-order chi connectivity index (χ1) is 7.47. The van der Waals surface area contributed by atoms with Crippen LogP contribution in [0, 0.1) is 0 Å². The molecule has 1 saturated carbocycles. The lowest BCUT2D eigenvalue weighted by atomic mass is 10.2. The van der Waals surface area contributed by atoms with E-state index in [4.69, 9.17) is 5.73 Å². The van der Waals surface area contributed by atoms with Gasteiger partial charge in [-0.15, -0.1) is 0 Å². The molecule has 1 aliphatic carbocycles. The van der Waals surface area contributed by atoms with E-state index in [1.165, 1.54) is 13.8 Å². The number of rotatable bonds is 6. The Morgan fingerprint density at radius 1 is 1.35 bits per heavy atom. The Hall–Kier alpha value is -0.270. The lowest BCUT2D eigenvalue weighted by Gasteiger charge is -2.29. The van der Waals surface area contributed by atoms with E-state index < -0.39 is 38.6 Å². The van der Waals surface area contributed by atoms with Crippen LogP contribution in [0.4, 0.5) is 8.78 Å². The zero-order valence-corrected chi connectivity index (χ0v) is 11.1. The normalized spacial score (nSPS) is 20.4. The van der Waals surface area contributed by atoms with Crippen LogP contribution in [0.5, 0.6) is 0 Å². The van der Waals surface area contributed by atoms with Crippen molar-refractivity contribution in [2.75, 3.05) is 13.2 Å². The van der Waals surface area contributed by atoms with E-state index >= 15 is 0 Å². The van der Waals surface area contributed by atoms with Gasteiger partial charge in [0.1, 0.15) is 0 Å². The number of hydrogen-bond donors (Lipinski definition) is 1. The Bertz CT molecular complexity index is 388. The predicted octanol–water partition coefficient (Wildman–Crippen LogP) is 1.30. The molecule has 0 atom stereocenters. The van der Waals surface area contributed by atoms with Crippen molar-refractivity contribution in [1.29, 1.82) is 0 Å². The van der Waals surface area contributed by atoms with Crippen LogP contribution in [0.25, 0.3) is 0 Å². The summed E-state index contributed by atoms with van der Waals surface area (Å²) in [5.41, 5.74) is 4.82. The monoisotopic (exact) mass is 271 g/mol. The number of hydrogen-bond acceptors (Lipinski definition) is 4. The van der Waals surface area contributed by atoms with Gasteiger partial charge >= 0.3 is 6.11 Å². The molecule has 1 rings (SSSR count). The molecule has 0 spiro atoms. The molecule has 1 fully saturated rings. The maximum atomic E-state index is 12.8. The highest BCUT2D eigenvalue weighted by Crippen LogP contribution is 2.47. The van der Waals surface area contributed by atoms with Gasteiger partial charge in [0.05, 0.1) is 22.6 Å². The van der Waals surface area contributed by atoms with Gasteiger partial charge in [-0.3, -0.25) is 0 Å². The molecule has 0 aliphatic heterocycles. The second kappa shape index (κ2) is 4.13. The van der Waals surface area contributed by atoms with Crippen LogP contribution in [0.15, 0.2) is 0 Å². The Morgan fingerprint density at radius 3 is 2.18 bits per heavy atom. The molecule has 0 radical (unpaired) electrons. The summed E-state index contributed by atoms with van der Waals surface area (Å²) in [7, 11) is -3.49. The van der Waals surface area contributed by atoms with Gasteiger partial charge in [-0.05, 0) is 33.6 Å². The van der Waals surface area contributed by atoms with E-state index in [2.05, 4.69) is 4.74 Å². The Morgan fingerprint density at radius 2 is 1.82 bits per heavy atom. The molecular formula is C10H19F2NO3S. The van der Waals surface area contributed by atoms with Crippen molar-refractivity contribution in [1.82, 2.24) is 0 Å². The number of sulfone groups is 1. The van der Waals surface area contributed by atoms with Crippen LogP contribution < -0.4 is 5.73 Å². The fourth-order valence-electron chi connectivity index (χ4n) is 1.53. The van der Waals surface area contributed by atoms with Crippen molar-refractivity contribution >= 4 is 9.84 Å². The number of halogens is 2. The van der Waals surface area contributed by atoms with E-state index in [0.717, 1.165) is 0 Å². The van der Waals surface area contributed by atoms with E-state index in [1.807, 2.05) is 0 Å². The zero-order chi connectivity index (χ0) is 13.5. The van der Waals surface area contributed by atoms with Crippen molar-refractivity contribution in [2.45, 2.75) is 49.2 Å². The zero-order valence-electron chi connectivity index (χ0n) is 10.3. The van der Waals surface area contributed by atoms with Crippen LogP contribution >= 0.6 is 0 Å². The van der Waals surface area contributed by atoms with Gasteiger partial charge < -0.3 is 10.5 Å². The first-order valence-corrected chi connectivity index (χ1v) is 6.92. The number of nitrogens with two attached hydrogens (primary N) is 1. The van der Waals surface area contributed by atoms with Gasteiger partial charge in [-0.25, -0.2) is 8.42 Å². The minimum Gasteiger partial charge on any atom is -0.323 e. The molecule has 0 aromatic heterocycles. The van der Waals surface area contributed by atoms with Crippen LogP contribution in [0.3, 0.4) is 0 Å². The van der Waals surface area contributed by atoms with Gasteiger partial charge in [0, 0.05) is 0 Å². The quantitative estimate of drug-likeness (QED) is 0.790. The maximum Gasteiger partial charge on any atom is 0.367 e. The minimum atomic E-state index is -3.49. The third-order valence-corrected chi connectivity index (χ3v) is 6.48. The van der Waals surface area contributed by atoms with Gasteiger partial charge in [-0.1, -0.05) is 0 Å². The summed E-state index contributed by atoms with van der Waals surface area (Å²) < 4.78 is 52.3. The third kappa shape index (κ3) is 2.77. The molecule has 0 bridgehead atoms. The molecule has 4 nitrogen and oxygen atoms in total. The van der Waals surface area contributed by atoms with Gasteiger partial charge in [0.25, 0.3) is 0 Å². The maximum absolute atomic E-state index is 12.8. The molecule has 0 unspecified atom stereocenters. The summed E-state index contributed by atoms with van der Waals surface area (Å²) in [5.74, 6) is 0. The Kier molecular flexibility index (Phi) is 3.60. The van der Waals surface area contributed by atoms with Gasteiger partial charge in [0.2, 0.25) is 0 Å². The summed E-state index contributed by atoms with van der Waals surface area (Å²) in [6.45, 7) is 2.91. The molecular weight excluding hydrogens is 252 g/mol. The number of ether oxygens (including phenoxy) is 1. The van der Waals surface area contributed by atoms with Crippen molar-refractivity contribution in [3.63, 3.8) is 0 Å². The standard InChI is InChI=1S/C10H19F2NO3S/c1-8(2,7-16-10(11,12)6-13)17(14,15)9(3)4-5-9/h4-7,13H2,1-3H3. The molecule has 0 aromatic rings. The van der Waals surface area contributed by atoms with Crippen LogP contribution in [0.1, 0.15) is 33.6 Å². The number of alkyl halides is 2. The highest BCUT2D eigenvalue weighted by molar-refractivity contribution is 7.94. The van der Waals surface area contributed by atoms with E-state index in [-0.39, 0.29) is 0 Å². The molecule has 0 amide bonds. The summed E-state index contributed by atoms with van der Waals surface area (Å²) in [4.78, 5) is 0. The summed E-state index contributed by atoms with van der Waals surface area (Å²) in [6, 6.07) is 0. The topological polar surface area (TPSA) is 69.4 Å².